The average Bonchev–Trinajstić information content (AvgIpc) is 2.63. The zero-order valence-electron chi connectivity index (χ0n) is 14.2. The Morgan fingerprint density at radius 1 is 0.833 bits per heavy atom. The molecule has 9 heteroatoms. The SMILES string of the molecule is CC=C(C)C(=O)O.OCC(CO)(CO)COCC(CO)(CO)CO. The number of allylic oxidation sites excluding steroid dienone is 1. The van der Waals surface area contributed by atoms with Gasteiger partial charge in [-0.05, 0) is 13.8 Å². The van der Waals surface area contributed by atoms with Crippen LogP contribution in [0, 0.1) is 10.8 Å². The molecule has 144 valence electrons. The van der Waals surface area contributed by atoms with Crippen molar-refractivity contribution in [3.05, 3.63) is 11.6 Å². The molecular weight excluding hydrogens is 324 g/mol. The van der Waals surface area contributed by atoms with Crippen molar-refractivity contribution in [2.45, 2.75) is 13.8 Å². The molecule has 0 fully saturated rings. The Morgan fingerprint density at radius 3 is 1.25 bits per heavy atom. The van der Waals surface area contributed by atoms with Crippen LogP contribution in [0.1, 0.15) is 13.8 Å². The van der Waals surface area contributed by atoms with Gasteiger partial charge in [0, 0.05) is 5.57 Å². The van der Waals surface area contributed by atoms with Crippen molar-refractivity contribution in [3.8, 4) is 0 Å². The second-order valence-corrected chi connectivity index (χ2v) is 5.72. The second kappa shape index (κ2) is 13.2. The minimum Gasteiger partial charge on any atom is -0.478 e. The number of carboxylic acid groups (broad SMARTS) is 1. The highest BCUT2D eigenvalue weighted by atomic mass is 16.5. The van der Waals surface area contributed by atoms with E-state index in [1.54, 1.807) is 19.9 Å². The van der Waals surface area contributed by atoms with E-state index in [2.05, 4.69) is 0 Å². The number of ether oxygens (including phenoxy) is 1. The molecule has 24 heavy (non-hydrogen) atoms. The monoisotopic (exact) mass is 354 g/mol. The Bertz CT molecular complexity index is 323. The number of carbonyl (C=O) groups is 1. The lowest BCUT2D eigenvalue weighted by atomic mass is 9.91. The van der Waals surface area contributed by atoms with Gasteiger partial charge in [0.25, 0.3) is 0 Å². The van der Waals surface area contributed by atoms with Crippen LogP contribution in [0.15, 0.2) is 11.6 Å². The Hall–Kier alpha value is -1.07. The fraction of sp³-hybridized carbons (Fsp3) is 0.800. The molecule has 0 bridgehead atoms. The maximum atomic E-state index is 9.86. The van der Waals surface area contributed by atoms with E-state index in [-0.39, 0.29) is 13.2 Å². The Balaban J connectivity index is 0. The van der Waals surface area contributed by atoms with E-state index < -0.39 is 56.4 Å². The molecule has 0 saturated carbocycles. The quantitative estimate of drug-likeness (QED) is 0.207. The van der Waals surface area contributed by atoms with Gasteiger partial charge in [0.05, 0.1) is 63.7 Å². The van der Waals surface area contributed by atoms with Gasteiger partial charge in [0.15, 0.2) is 0 Å². The van der Waals surface area contributed by atoms with Crippen LogP contribution in [0.4, 0.5) is 0 Å². The summed E-state index contributed by atoms with van der Waals surface area (Å²) in [7, 11) is 0. The van der Waals surface area contributed by atoms with Crippen molar-refractivity contribution >= 4 is 5.97 Å². The van der Waals surface area contributed by atoms with Crippen molar-refractivity contribution in [2.24, 2.45) is 10.8 Å². The standard InChI is InChI=1S/C10H22O7.C5H8O2/c11-1-9(2-12,3-13)7-17-8-10(4-14,5-15)6-16;1-3-4(2)5(6)7/h11-16H,1-8H2;3H,1-2H3,(H,6,7). The van der Waals surface area contributed by atoms with Crippen molar-refractivity contribution in [2.75, 3.05) is 52.9 Å². The Morgan fingerprint density at radius 2 is 1.12 bits per heavy atom. The number of aliphatic hydroxyl groups excluding tert-OH is 6. The fourth-order valence-corrected chi connectivity index (χ4v) is 1.18. The van der Waals surface area contributed by atoms with Crippen LogP contribution in [-0.4, -0.2) is 94.6 Å². The maximum Gasteiger partial charge on any atom is 0.330 e. The predicted octanol–water partition coefficient (Wildman–Crippen LogP) is -2.03. The van der Waals surface area contributed by atoms with E-state index in [1.165, 1.54) is 0 Å². The lowest BCUT2D eigenvalue weighted by Crippen LogP contribution is -2.43. The summed E-state index contributed by atoms with van der Waals surface area (Å²) in [5.74, 6) is -0.845. The van der Waals surface area contributed by atoms with Crippen molar-refractivity contribution in [3.63, 3.8) is 0 Å². The van der Waals surface area contributed by atoms with Crippen LogP contribution in [0.2, 0.25) is 0 Å². The van der Waals surface area contributed by atoms with Crippen molar-refractivity contribution in [1.82, 2.24) is 0 Å². The molecule has 9 nitrogen and oxygen atoms in total. The molecule has 0 spiro atoms. The van der Waals surface area contributed by atoms with Gasteiger partial charge in [-0.2, -0.15) is 0 Å². The van der Waals surface area contributed by atoms with E-state index in [9.17, 15) is 4.79 Å². The number of rotatable bonds is 11. The van der Waals surface area contributed by atoms with Crippen LogP contribution in [0.25, 0.3) is 0 Å². The zero-order valence-corrected chi connectivity index (χ0v) is 14.2. The molecule has 0 aliphatic carbocycles. The van der Waals surface area contributed by atoms with Gasteiger partial charge >= 0.3 is 5.97 Å². The molecule has 0 heterocycles. The molecule has 0 atom stereocenters. The van der Waals surface area contributed by atoms with Gasteiger partial charge in [-0.15, -0.1) is 0 Å². The number of aliphatic hydroxyl groups is 6. The lowest BCUT2D eigenvalue weighted by Gasteiger charge is -2.31. The zero-order chi connectivity index (χ0) is 19.2. The van der Waals surface area contributed by atoms with Crippen LogP contribution in [-0.2, 0) is 9.53 Å². The summed E-state index contributed by atoms with van der Waals surface area (Å²) in [5.41, 5.74) is -1.93. The molecule has 0 saturated heterocycles. The van der Waals surface area contributed by atoms with E-state index in [0.717, 1.165) is 0 Å². The van der Waals surface area contributed by atoms with Crippen molar-refractivity contribution in [1.29, 1.82) is 0 Å². The molecule has 0 aromatic heterocycles. The molecule has 0 aliphatic rings. The topological polar surface area (TPSA) is 168 Å². The van der Waals surface area contributed by atoms with Crippen LogP contribution >= 0.6 is 0 Å². The lowest BCUT2D eigenvalue weighted by molar-refractivity contribution is -0.132. The molecule has 0 rings (SSSR count). The highest BCUT2D eigenvalue weighted by Gasteiger charge is 2.32. The van der Waals surface area contributed by atoms with Gasteiger partial charge in [0.1, 0.15) is 0 Å². The van der Waals surface area contributed by atoms with Gasteiger partial charge < -0.3 is 40.5 Å². The van der Waals surface area contributed by atoms with E-state index in [0.29, 0.717) is 5.57 Å². The highest BCUT2D eigenvalue weighted by molar-refractivity contribution is 5.85. The Kier molecular flexibility index (Phi) is 13.9. The third-order valence-corrected chi connectivity index (χ3v) is 3.60. The molecule has 0 radical (unpaired) electrons. The summed E-state index contributed by atoms with van der Waals surface area (Å²) < 4.78 is 5.15. The van der Waals surface area contributed by atoms with Crippen molar-refractivity contribution < 1.29 is 45.3 Å². The number of carboxylic acids is 1. The Labute approximate surface area is 141 Å². The molecule has 0 amide bonds. The largest absolute Gasteiger partial charge is 0.478 e. The summed E-state index contributed by atoms with van der Waals surface area (Å²) >= 11 is 0. The fourth-order valence-electron chi connectivity index (χ4n) is 1.18. The number of hydrogen-bond donors (Lipinski definition) is 7. The van der Waals surface area contributed by atoms with E-state index >= 15 is 0 Å². The third kappa shape index (κ3) is 8.69. The first kappa shape index (κ1) is 25.2. The summed E-state index contributed by atoms with van der Waals surface area (Å²) in [5, 5.41) is 62.3. The normalized spacial score (nSPS) is 12.6. The molecule has 0 aliphatic heterocycles. The molecule has 0 aromatic rings. The summed E-state index contributed by atoms with van der Waals surface area (Å²) in [4.78, 5) is 9.86. The van der Waals surface area contributed by atoms with E-state index in [1.807, 2.05) is 0 Å². The predicted molar refractivity (Wildman–Crippen MR) is 85.3 cm³/mol. The van der Waals surface area contributed by atoms with E-state index in [4.69, 9.17) is 40.5 Å². The van der Waals surface area contributed by atoms with Gasteiger partial charge in [0.2, 0.25) is 0 Å². The van der Waals surface area contributed by atoms with Gasteiger partial charge in [-0.1, -0.05) is 6.08 Å². The van der Waals surface area contributed by atoms with Gasteiger partial charge in [-0.3, -0.25) is 0 Å². The first-order chi connectivity index (χ1) is 11.3. The van der Waals surface area contributed by atoms with Crippen LogP contribution < -0.4 is 0 Å². The molecule has 0 unspecified atom stereocenters. The average molecular weight is 354 g/mol. The second-order valence-electron chi connectivity index (χ2n) is 5.72. The minimum atomic E-state index is -1.16. The van der Waals surface area contributed by atoms with Crippen LogP contribution in [0.5, 0.6) is 0 Å². The first-order valence-electron chi connectivity index (χ1n) is 7.35. The summed E-state index contributed by atoms with van der Waals surface area (Å²) in [6, 6.07) is 0. The molecular formula is C15H30O9. The number of aliphatic carboxylic acids is 1. The third-order valence-electron chi connectivity index (χ3n) is 3.60. The number of hydrogen-bond acceptors (Lipinski definition) is 8. The minimum absolute atomic E-state index is 0.141. The highest BCUT2D eigenvalue weighted by Crippen LogP contribution is 2.19. The summed E-state index contributed by atoms with van der Waals surface area (Å²) in [6.45, 7) is 0.251. The maximum absolute atomic E-state index is 9.86. The molecule has 7 N–H and O–H groups in total. The van der Waals surface area contributed by atoms with Crippen LogP contribution in [0.3, 0.4) is 0 Å². The summed E-state index contributed by atoms with van der Waals surface area (Å²) in [6.07, 6.45) is 1.56. The molecule has 0 aromatic carbocycles. The smallest absolute Gasteiger partial charge is 0.330 e. The first-order valence-corrected chi connectivity index (χ1v) is 7.35. The van der Waals surface area contributed by atoms with Gasteiger partial charge in [-0.25, -0.2) is 4.79 Å².